The second kappa shape index (κ2) is 14.5. The smallest absolute Gasteiger partial charge is 0.338 e. The zero-order valence-corrected chi connectivity index (χ0v) is 24.8. The normalized spacial score (nSPS) is 21.0. The maximum absolute atomic E-state index is 12.9. The first-order chi connectivity index (χ1) is 19.3. The van der Waals surface area contributed by atoms with Crippen LogP contribution in [0, 0.1) is 0 Å². The minimum atomic E-state index is -1.12. The Morgan fingerprint density at radius 1 is 0.900 bits per heavy atom. The number of carbonyl (C=O) groups is 1. The molecule has 0 spiro atoms. The highest BCUT2D eigenvalue weighted by Gasteiger charge is 2.41. The van der Waals surface area contributed by atoms with Crippen LogP contribution in [0.2, 0.25) is 25.7 Å². The molecule has 0 unspecified atom stereocenters. The Labute approximate surface area is 238 Å². The molecule has 0 bridgehead atoms. The Kier molecular flexibility index (Phi) is 10.8. The van der Waals surface area contributed by atoms with Crippen molar-refractivity contribution < 1.29 is 33.2 Å². The van der Waals surface area contributed by atoms with Crippen molar-refractivity contribution in [1.29, 1.82) is 0 Å². The third-order valence-electron chi connectivity index (χ3n) is 6.58. The van der Waals surface area contributed by atoms with Crippen LogP contribution in [0.25, 0.3) is 0 Å². The number of benzene rings is 3. The second-order valence-electron chi connectivity index (χ2n) is 11.1. The maximum atomic E-state index is 12.9. The first-order valence-corrected chi connectivity index (χ1v) is 17.5. The van der Waals surface area contributed by atoms with Gasteiger partial charge in [-0.05, 0) is 54.9 Å². The lowest BCUT2D eigenvalue weighted by Gasteiger charge is -2.39. The van der Waals surface area contributed by atoms with E-state index < -0.39 is 38.6 Å². The van der Waals surface area contributed by atoms with Crippen LogP contribution >= 0.6 is 0 Å². The van der Waals surface area contributed by atoms with Gasteiger partial charge in [-0.1, -0.05) is 68.2 Å². The lowest BCUT2D eigenvalue weighted by molar-refractivity contribution is -0.228. The van der Waals surface area contributed by atoms with Crippen molar-refractivity contribution in [2.75, 3.05) is 13.4 Å². The number of hydrogen-bond donors (Lipinski definition) is 0. The highest BCUT2D eigenvalue weighted by molar-refractivity contribution is 6.76. The van der Waals surface area contributed by atoms with Gasteiger partial charge in [0.25, 0.3) is 0 Å². The van der Waals surface area contributed by atoms with E-state index in [1.165, 1.54) is 0 Å². The molecular weight excluding hydrogens is 524 g/mol. The van der Waals surface area contributed by atoms with Gasteiger partial charge in [0.2, 0.25) is 6.29 Å². The van der Waals surface area contributed by atoms with Gasteiger partial charge < -0.3 is 28.4 Å². The molecule has 0 aliphatic carbocycles. The molecule has 214 valence electrons. The van der Waals surface area contributed by atoms with E-state index in [4.69, 9.17) is 28.4 Å². The summed E-state index contributed by atoms with van der Waals surface area (Å²) in [4.78, 5) is 12.9. The van der Waals surface area contributed by atoms with Crippen LogP contribution in [0.5, 0.6) is 11.5 Å². The van der Waals surface area contributed by atoms with Crippen molar-refractivity contribution >= 4 is 14.0 Å². The lowest BCUT2D eigenvalue weighted by atomic mass is 10.0. The van der Waals surface area contributed by atoms with E-state index in [1.54, 1.807) is 12.1 Å². The van der Waals surface area contributed by atoms with Crippen molar-refractivity contribution in [2.24, 2.45) is 0 Å². The molecule has 1 aliphatic rings. The molecule has 0 radical (unpaired) electrons. The zero-order chi connectivity index (χ0) is 28.4. The number of esters is 1. The predicted octanol–water partition coefficient (Wildman–Crippen LogP) is 6.70. The van der Waals surface area contributed by atoms with E-state index >= 15 is 0 Å². The molecular formula is C32H40O7Si. The minimum Gasteiger partial charge on any atom is -0.468 e. The molecule has 1 fully saturated rings. The van der Waals surface area contributed by atoms with Gasteiger partial charge in [-0.25, -0.2) is 4.79 Å². The van der Waals surface area contributed by atoms with E-state index in [1.807, 2.05) is 79.7 Å². The first kappa shape index (κ1) is 29.8. The Bertz CT molecular complexity index is 1170. The topological polar surface area (TPSA) is 72.5 Å². The SMILES string of the molecule is C[C@H]1O[C@@H](Oc2ccc(OCOCC[Si](C)(C)C)cc2)C[C@@H](OCc2ccccc2)[C@@H]1OC(=O)c1ccccc1. The first-order valence-electron chi connectivity index (χ1n) is 13.8. The van der Waals surface area contributed by atoms with Crippen LogP contribution in [0.1, 0.15) is 29.3 Å². The van der Waals surface area contributed by atoms with Crippen LogP contribution in [-0.2, 0) is 25.6 Å². The number of ether oxygens (including phenoxy) is 6. The van der Waals surface area contributed by atoms with Crippen LogP contribution < -0.4 is 9.47 Å². The molecule has 4 atom stereocenters. The molecule has 7 nitrogen and oxygen atoms in total. The van der Waals surface area contributed by atoms with Crippen molar-refractivity contribution in [1.82, 2.24) is 0 Å². The molecule has 3 aromatic carbocycles. The van der Waals surface area contributed by atoms with E-state index in [2.05, 4.69) is 19.6 Å². The summed E-state index contributed by atoms with van der Waals surface area (Å²) in [5.41, 5.74) is 1.52. The quantitative estimate of drug-likeness (QED) is 0.0990. The van der Waals surface area contributed by atoms with Crippen molar-refractivity contribution in [3.8, 4) is 11.5 Å². The van der Waals surface area contributed by atoms with Gasteiger partial charge in [0, 0.05) is 21.1 Å². The summed E-state index contributed by atoms with van der Waals surface area (Å²) in [5.74, 6) is 0.940. The second-order valence-corrected chi connectivity index (χ2v) is 16.8. The fourth-order valence-corrected chi connectivity index (χ4v) is 5.02. The molecule has 0 amide bonds. The maximum Gasteiger partial charge on any atom is 0.338 e. The summed E-state index contributed by atoms with van der Waals surface area (Å²) in [6.45, 7) is 10.2. The lowest BCUT2D eigenvalue weighted by Crippen LogP contribution is -2.51. The van der Waals surface area contributed by atoms with Crippen molar-refractivity contribution in [2.45, 2.75) is 70.2 Å². The van der Waals surface area contributed by atoms with E-state index in [9.17, 15) is 4.79 Å². The summed E-state index contributed by atoms with van der Waals surface area (Å²) in [5, 5.41) is 0. The summed E-state index contributed by atoms with van der Waals surface area (Å²) >= 11 is 0. The van der Waals surface area contributed by atoms with E-state index in [0.29, 0.717) is 36.7 Å². The minimum absolute atomic E-state index is 0.220. The van der Waals surface area contributed by atoms with Crippen LogP contribution in [0.4, 0.5) is 0 Å². The summed E-state index contributed by atoms with van der Waals surface area (Å²) in [7, 11) is -1.12. The Morgan fingerprint density at radius 2 is 1.55 bits per heavy atom. The van der Waals surface area contributed by atoms with Crippen molar-refractivity contribution in [3.63, 3.8) is 0 Å². The average molecular weight is 565 g/mol. The summed E-state index contributed by atoms with van der Waals surface area (Å²) < 4.78 is 35.8. The van der Waals surface area contributed by atoms with Gasteiger partial charge in [0.15, 0.2) is 12.9 Å². The van der Waals surface area contributed by atoms with Gasteiger partial charge in [0.1, 0.15) is 17.6 Å². The molecule has 4 rings (SSSR count). The largest absolute Gasteiger partial charge is 0.468 e. The molecule has 1 saturated heterocycles. The summed E-state index contributed by atoms with van der Waals surface area (Å²) in [6, 6.07) is 27.3. The Balaban J connectivity index is 1.35. The van der Waals surface area contributed by atoms with Gasteiger partial charge in [0.05, 0.1) is 18.3 Å². The molecule has 3 aromatic rings. The molecule has 0 N–H and O–H groups in total. The summed E-state index contributed by atoms with van der Waals surface area (Å²) in [6.07, 6.45) is -1.62. The van der Waals surface area contributed by atoms with Crippen molar-refractivity contribution in [3.05, 3.63) is 96.1 Å². The molecule has 40 heavy (non-hydrogen) atoms. The zero-order valence-electron chi connectivity index (χ0n) is 23.8. The third kappa shape index (κ3) is 9.48. The van der Waals surface area contributed by atoms with Gasteiger partial charge in [-0.15, -0.1) is 0 Å². The Morgan fingerprint density at radius 3 is 2.23 bits per heavy atom. The third-order valence-corrected chi connectivity index (χ3v) is 8.28. The van der Waals surface area contributed by atoms with Crippen LogP contribution in [0.3, 0.4) is 0 Å². The van der Waals surface area contributed by atoms with E-state index in [0.717, 1.165) is 11.6 Å². The van der Waals surface area contributed by atoms with Gasteiger partial charge in [-0.3, -0.25) is 0 Å². The van der Waals surface area contributed by atoms with Crippen LogP contribution in [-0.4, -0.2) is 52.0 Å². The average Bonchev–Trinajstić information content (AvgIpc) is 2.94. The van der Waals surface area contributed by atoms with Gasteiger partial charge >= 0.3 is 5.97 Å². The highest BCUT2D eigenvalue weighted by Crippen LogP contribution is 2.29. The molecule has 1 heterocycles. The molecule has 1 aliphatic heterocycles. The molecule has 0 saturated carbocycles. The Hall–Kier alpha value is -3.17. The van der Waals surface area contributed by atoms with E-state index in [-0.39, 0.29) is 6.79 Å². The molecule has 8 heteroatoms. The fraction of sp³-hybridized carbons (Fsp3) is 0.406. The highest BCUT2D eigenvalue weighted by atomic mass is 28.3. The van der Waals surface area contributed by atoms with Crippen LogP contribution in [0.15, 0.2) is 84.9 Å². The van der Waals surface area contributed by atoms with Gasteiger partial charge in [-0.2, -0.15) is 0 Å². The standard InChI is InChI=1S/C32H40O7Si/c1-24-31(39-32(33)26-13-9-6-10-14-26)29(35-22-25-11-7-5-8-12-25)21-30(37-24)38-28-17-15-27(16-18-28)36-23-34-19-20-40(2,3)4/h5-18,24,29-31H,19-23H2,1-4H3/t24-,29-,30+,31-/m1/s1. The number of rotatable bonds is 13. The fourth-order valence-electron chi connectivity index (χ4n) is 4.27. The monoisotopic (exact) mass is 564 g/mol. The number of carbonyl (C=O) groups excluding carboxylic acids is 1. The predicted molar refractivity (Wildman–Crippen MR) is 156 cm³/mol. The number of hydrogen-bond acceptors (Lipinski definition) is 7. The molecule has 0 aromatic heterocycles.